The van der Waals surface area contributed by atoms with Gasteiger partial charge in [0.1, 0.15) is 18.8 Å². The predicted molar refractivity (Wildman–Crippen MR) is 112 cm³/mol. The molecule has 3 rings (SSSR count). The Kier molecular flexibility index (Phi) is 7.12. The highest BCUT2D eigenvalue weighted by atomic mass is 32.2. The zero-order valence-corrected chi connectivity index (χ0v) is 17.5. The van der Waals surface area contributed by atoms with E-state index in [4.69, 9.17) is 14.6 Å². The van der Waals surface area contributed by atoms with Crippen LogP contribution in [0.3, 0.4) is 0 Å². The maximum Gasteiger partial charge on any atom is 0.307 e. The second-order valence-corrected chi connectivity index (χ2v) is 9.19. The molecule has 1 unspecified atom stereocenters. The summed E-state index contributed by atoms with van der Waals surface area (Å²) in [7, 11) is -3.63. The minimum absolute atomic E-state index is 0.0878. The molecule has 2 aliphatic rings. The number of ether oxygens (including phenoxy) is 2. The third kappa shape index (κ3) is 6.08. The molecule has 0 bridgehead atoms. The number of carboxylic acid groups (broad SMARTS) is 1. The summed E-state index contributed by atoms with van der Waals surface area (Å²) in [6, 6.07) is 6.36. The van der Waals surface area contributed by atoms with E-state index >= 15 is 0 Å². The lowest BCUT2D eigenvalue weighted by Gasteiger charge is -2.32. The van der Waals surface area contributed by atoms with Crippen molar-refractivity contribution in [3.63, 3.8) is 0 Å². The number of rotatable bonds is 9. The van der Waals surface area contributed by atoms with Crippen molar-refractivity contribution in [3.8, 4) is 0 Å². The molecule has 0 saturated carbocycles. The van der Waals surface area contributed by atoms with Gasteiger partial charge in [-0.15, -0.1) is 0 Å². The molecule has 0 saturated heterocycles. The minimum Gasteiger partial charge on any atom is -0.481 e. The van der Waals surface area contributed by atoms with Crippen molar-refractivity contribution >= 4 is 16.0 Å². The van der Waals surface area contributed by atoms with Crippen molar-refractivity contribution in [3.05, 3.63) is 83.7 Å². The molecule has 1 heterocycles. The number of hydrogen-bond donors (Lipinski definition) is 1. The molecule has 8 heteroatoms. The Labute approximate surface area is 176 Å². The summed E-state index contributed by atoms with van der Waals surface area (Å²) in [6.07, 6.45) is 13.5. The van der Waals surface area contributed by atoms with E-state index in [-0.39, 0.29) is 13.0 Å². The van der Waals surface area contributed by atoms with Gasteiger partial charge in [-0.2, -0.15) is 4.31 Å². The molecule has 1 N–H and O–H groups in total. The first-order chi connectivity index (χ1) is 14.3. The van der Waals surface area contributed by atoms with Gasteiger partial charge < -0.3 is 14.6 Å². The first-order valence-electron chi connectivity index (χ1n) is 9.61. The fourth-order valence-electron chi connectivity index (χ4n) is 3.50. The van der Waals surface area contributed by atoms with Gasteiger partial charge in [0.2, 0.25) is 10.0 Å². The van der Waals surface area contributed by atoms with Crippen LogP contribution in [0.2, 0.25) is 0 Å². The fourth-order valence-corrected chi connectivity index (χ4v) is 4.52. The quantitative estimate of drug-likeness (QED) is 0.644. The fraction of sp³-hybridized carbons (Fsp3) is 0.318. The molecule has 0 fully saturated rings. The number of nitrogens with zero attached hydrogens (tertiary/aromatic N) is 1. The summed E-state index contributed by atoms with van der Waals surface area (Å²) < 4.78 is 37.8. The van der Waals surface area contributed by atoms with Gasteiger partial charge in [0.15, 0.2) is 5.76 Å². The molecule has 1 aromatic rings. The van der Waals surface area contributed by atoms with E-state index in [1.54, 1.807) is 24.3 Å². The Balaban J connectivity index is 1.93. The van der Waals surface area contributed by atoms with Gasteiger partial charge in [-0.1, -0.05) is 48.1 Å². The Morgan fingerprint density at radius 2 is 2.07 bits per heavy atom. The van der Waals surface area contributed by atoms with Crippen molar-refractivity contribution < 1.29 is 27.8 Å². The second kappa shape index (κ2) is 9.77. The van der Waals surface area contributed by atoms with Gasteiger partial charge in [0, 0.05) is 6.54 Å². The molecule has 0 amide bonds. The molecule has 1 aliphatic heterocycles. The molecule has 0 spiro atoms. The molecular formula is C22H25NO6S. The molecule has 160 valence electrons. The van der Waals surface area contributed by atoms with E-state index in [9.17, 15) is 13.2 Å². The zero-order chi connectivity index (χ0) is 21.6. The molecular weight excluding hydrogens is 406 g/mol. The van der Waals surface area contributed by atoms with Gasteiger partial charge in [-0.25, -0.2) is 8.42 Å². The molecule has 0 radical (unpaired) electrons. The lowest BCUT2D eigenvalue weighted by Crippen LogP contribution is -2.41. The third-order valence-electron chi connectivity index (χ3n) is 4.87. The smallest absolute Gasteiger partial charge is 0.307 e. The van der Waals surface area contributed by atoms with E-state index in [1.807, 2.05) is 12.2 Å². The van der Waals surface area contributed by atoms with Gasteiger partial charge in [0.05, 0.1) is 18.7 Å². The summed E-state index contributed by atoms with van der Waals surface area (Å²) in [5.74, 6) is -0.535. The first-order valence-corrected chi connectivity index (χ1v) is 11.5. The van der Waals surface area contributed by atoms with E-state index in [1.165, 1.54) is 23.1 Å². The Morgan fingerprint density at radius 3 is 2.70 bits per heavy atom. The van der Waals surface area contributed by atoms with Crippen LogP contribution in [0.15, 0.2) is 72.6 Å². The highest BCUT2D eigenvalue weighted by molar-refractivity contribution is 7.88. The highest BCUT2D eigenvalue weighted by Gasteiger charge is 2.32. The first kappa shape index (κ1) is 21.9. The Hall–Kier alpha value is -2.84. The number of sulfonamides is 1. The van der Waals surface area contributed by atoms with Crippen LogP contribution in [0, 0.1) is 0 Å². The third-order valence-corrected chi connectivity index (χ3v) is 6.10. The van der Waals surface area contributed by atoms with Gasteiger partial charge in [-0.05, 0) is 30.4 Å². The summed E-state index contributed by atoms with van der Waals surface area (Å²) in [4.78, 5) is 11.0. The van der Waals surface area contributed by atoms with Crippen molar-refractivity contribution in [2.24, 2.45) is 0 Å². The average Bonchev–Trinajstić information content (AvgIpc) is 2.71. The minimum atomic E-state index is -3.63. The van der Waals surface area contributed by atoms with E-state index in [2.05, 4.69) is 6.08 Å². The van der Waals surface area contributed by atoms with E-state index < -0.39 is 22.0 Å². The van der Waals surface area contributed by atoms with Crippen LogP contribution >= 0.6 is 0 Å². The molecule has 0 aromatic heterocycles. The zero-order valence-electron chi connectivity index (χ0n) is 16.7. The monoisotopic (exact) mass is 431 g/mol. The van der Waals surface area contributed by atoms with Crippen molar-refractivity contribution in [1.82, 2.24) is 4.31 Å². The molecule has 7 nitrogen and oxygen atoms in total. The standard InChI is InChI=1S/C22H25NO6S/c1-30(26,27)23(15-19-9-5-8-18(12-19)14-22(24)25)20(21-16-28-10-11-29-21)13-17-6-3-2-4-7-17/h2-3,5-6,8-12,16,20H,4,7,13-15H2,1H3,(H,24,25). The Morgan fingerprint density at radius 1 is 1.27 bits per heavy atom. The number of benzene rings is 1. The van der Waals surface area contributed by atoms with Crippen LogP contribution in [0.5, 0.6) is 0 Å². The topological polar surface area (TPSA) is 93.1 Å². The summed E-state index contributed by atoms with van der Waals surface area (Å²) >= 11 is 0. The number of allylic oxidation sites excluding steroid dienone is 3. The number of hydrogen-bond acceptors (Lipinski definition) is 5. The maximum absolute atomic E-state index is 12.8. The van der Waals surface area contributed by atoms with Gasteiger partial charge in [-0.3, -0.25) is 4.79 Å². The summed E-state index contributed by atoms with van der Waals surface area (Å²) in [6.45, 7) is 0.0878. The van der Waals surface area contributed by atoms with Gasteiger partial charge in [0.25, 0.3) is 0 Å². The molecule has 1 aliphatic carbocycles. The van der Waals surface area contributed by atoms with Crippen LogP contribution in [-0.2, 0) is 37.3 Å². The molecule has 1 atom stereocenters. The lowest BCUT2D eigenvalue weighted by molar-refractivity contribution is -0.136. The van der Waals surface area contributed by atoms with Crippen LogP contribution in [-0.4, -0.2) is 36.1 Å². The number of carboxylic acids is 1. The van der Waals surface area contributed by atoms with E-state index in [0.29, 0.717) is 23.3 Å². The number of aliphatic carboxylic acids is 1. The van der Waals surface area contributed by atoms with Crippen molar-refractivity contribution in [1.29, 1.82) is 0 Å². The van der Waals surface area contributed by atoms with Crippen LogP contribution in [0.4, 0.5) is 0 Å². The second-order valence-electron chi connectivity index (χ2n) is 7.26. The average molecular weight is 432 g/mol. The highest BCUT2D eigenvalue weighted by Crippen LogP contribution is 2.29. The summed E-state index contributed by atoms with van der Waals surface area (Å²) in [5.41, 5.74) is 2.44. The Bertz CT molecular complexity index is 1010. The van der Waals surface area contributed by atoms with Crippen LogP contribution in [0.25, 0.3) is 0 Å². The summed E-state index contributed by atoms with van der Waals surface area (Å²) in [5, 5.41) is 9.05. The van der Waals surface area contributed by atoms with Crippen LogP contribution < -0.4 is 0 Å². The largest absolute Gasteiger partial charge is 0.481 e. The lowest BCUT2D eigenvalue weighted by atomic mass is 9.97. The molecule has 30 heavy (non-hydrogen) atoms. The van der Waals surface area contributed by atoms with Gasteiger partial charge >= 0.3 is 5.97 Å². The van der Waals surface area contributed by atoms with Crippen molar-refractivity contribution in [2.75, 3.05) is 6.26 Å². The van der Waals surface area contributed by atoms with Crippen LogP contribution in [0.1, 0.15) is 30.4 Å². The maximum atomic E-state index is 12.8. The SMILES string of the molecule is CS(=O)(=O)N(Cc1cccc(CC(=O)O)c1)C(CC1=CC=CCC1)C1=COC=CO1. The molecule has 1 aromatic carbocycles. The predicted octanol–water partition coefficient (Wildman–Crippen LogP) is 3.47. The normalized spacial score (nSPS) is 17.0. The number of carbonyl (C=O) groups is 1. The van der Waals surface area contributed by atoms with Crippen molar-refractivity contribution in [2.45, 2.75) is 38.3 Å². The van der Waals surface area contributed by atoms with E-state index in [0.717, 1.165) is 24.7 Å².